The van der Waals surface area contributed by atoms with E-state index in [1.165, 1.54) is 0 Å². The summed E-state index contributed by atoms with van der Waals surface area (Å²) >= 11 is 0. The zero-order chi connectivity index (χ0) is 17.2. The number of carbonyl (C=O) groups is 1. The number of fused-ring (bicyclic) bond motifs is 1. The van der Waals surface area contributed by atoms with Crippen molar-refractivity contribution in [2.75, 3.05) is 0 Å². The standard InChI is InChI=1S/C19H17N5O/c1-12(14-2-3-16-15(10-14)6-9-21-16)22-19(25)18-11-17(23-24-18)13-4-7-20-8-5-13/h2-12,21H,1H3,(H,22,25)(H,23,24)/t12-/m1/s1. The molecule has 6 heteroatoms. The monoisotopic (exact) mass is 331 g/mol. The van der Waals surface area contributed by atoms with Crippen LogP contribution in [0.5, 0.6) is 0 Å². The van der Waals surface area contributed by atoms with Crippen LogP contribution in [0, 0.1) is 0 Å². The van der Waals surface area contributed by atoms with Crippen LogP contribution in [0.3, 0.4) is 0 Å². The zero-order valence-electron chi connectivity index (χ0n) is 13.7. The lowest BCUT2D eigenvalue weighted by molar-refractivity contribution is 0.0935. The van der Waals surface area contributed by atoms with Gasteiger partial charge in [-0.3, -0.25) is 14.9 Å². The molecule has 0 unspecified atom stereocenters. The van der Waals surface area contributed by atoms with Gasteiger partial charge < -0.3 is 10.3 Å². The van der Waals surface area contributed by atoms with Gasteiger partial charge in [-0.15, -0.1) is 0 Å². The number of aromatic amines is 2. The second-order valence-corrected chi connectivity index (χ2v) is 5.92. The number of rotatable bonds is 4. The van der Waals surface area contributed by atoms with Crippen LogP contribution < -0.4 is 5.32 Å². The van der Waals surface area contributed by atoms with Crippen molar-refractivity contribution < 1.29 is 4.79 Å². The molecule has 25 heavy (non-hydrogen) atoms. The van der Waals surface area contributed by atoms with Gasteiger partial charge in [0.2, 0.25) is 0 Å². The van der Waals surface area contributed by atoms with Crippen LogP contribution in [0.1, 0.15) is 29.0 Å². The highest BCUT2D eigenvalue weighted by Gasteiger charge is 2.15. The van der Waals surface area contributed by atoms with Gasteiger partial charge in [0.1, 0.15) is 5.69 Å². The second-order valence-electron chi connectivity index (χ2n) is 5.92. The first-order chi connectivity index (χ1) is 12.2. The van der Waals surface area contributed by atoms with Gasteiger partial charge in [-0.2, -0.15) is 5.10 Å². The van der Waals surface area contributed by atoms with Gasteiger partial charge in [0, 0.05) is 29.7 Å². The fraction of sp³-hybridized carbons (Fsp3) is 0.105. The average Bonchev–Trinajstić information content (AvgIpc) is 3.31. The molecular weight excluding hydrogens is 314 g/mol. The Kier molecular flexibility index (Phi) is 3.78. The first kappa shape index (κ1) is 15.1. The van der Waals surface area contributed by atoms with Crippen molar-refractivity contribution in [3.8, 4) is 11.3 Å². The Morgan fingerprint density at radius 3 is 2.80 bits per heavy atom. The highest BCUT2D eigenvalue weighted by Crippen LogP contribution is 2.20. The van der Waals surface area contributed by atoms with E-state index in [9.17, 15) is 4.79 Å². The van der Waals surface area contributed by atoms with E-state index < -0.39 is 0 Å². The van der Waals surface area contributed by atoms with E-state index in [0.717, 1.165) is 22.0 Å². The van der Waals surface area contributed by atoms with Crippen LogP contribution in [0.15, 0.2) is 61.1 Å². The molecule has 1 atom stereocenters. The van der Waals surface area contributed by atoms with Gasteiger partial charge in [-0.25, -0.2) is 0 Å². The first-order valence-corrected chi connectivity index (χ1v) is 8.04. The summed E-state index contributed by atoms with van der Waals surface area (Å²) < 4.78 is 0. The lowest BCUT2D eigenvalue weighted by Gasteiger charge is -2.13. The van der Waals surface area contributed by atoms with Crippen molar-refractivity contribution in [3.05, 3.63) is 72.3 Å². The molecule has 0 fully saturated rings. The van der Waals surface area contributed by atoms with E-state index in [1.807, 2.05) is 43.5 Å². The van der Waals surface area contributed by atoms with Crippen molar-refractivity contribution in [2.45, 2.75) is 13.0 Å². The number of carbonyl (C=O) groups excluding carboxylic acids is 1. The molecule has 0 saturated heterocycles. The Labute approximate surface area is 144 Å². The van der Waals surface area contributed by atoms with Crippen molar-refractivity contribution in [1.82, 2.24) is 25.5 Å². The van der Waals surface area contributed by atoms with Crippen LogP contribution in [0.4, 0.5) is 0 Å². The molecule has 0 saturated carbocycles. The van der Waals surface area contributed by atoms with E-state index in [4.69, 9.17) is 0 Å². The largest absolute Gasteiger partial charge is 0.361 e. The summed E-state index contributed by atoms with van der Waals surface area (Å²) in [6.07, 6.45) is 5.30. The summed E-state index contributed by atoms with van der Waals surface area (Å²) in [5.41, 5.74) is 4.19. The topological polar surface area (TPSA) is 86.5 Å². The van der Waals surface area contributed by atoms with Crippen LogP contribution in [0.25, 0.3) is 22.2 Å². The Balaban J connectivity index is 1.50. The summed E-state index contributed by atoms with van der Waals surface area (Å²) in [7, 11) is 0. The molecule has 124 valence electrons. The van der Waals surface area contributed by atoms with Crippen molar-refractivity contribution >= 4 is 16.8 Å². The maximum Gasteiger partial charge on any atom is 0.269 e. The Morgan fingerprint density at radius 1 is 1.12 bits per heavy atom. The summed E-state index contributed by atoms with van der Waals surface area (Å²) in [6, 6.07) is 13.5. The van der Waals surface area contributed by atoms with E-state index >= 15 is 0 Å². The maximum absolute atomic E-state index is 12.5. The number of nitrogens with zero attached hydrogens (tertiary/aromatic N) is 2. The van der Waals surface area contributed by atoms with Crippen LogP contribution in [0.2, 0.25) is 0 Å². The number of pyridine rings is 1. The molecule has 0 aliphatic rings. The predicted octanol–water partition coefficient (Wildman–Crippen LogP) is 3.44. The molecule has 0 radical (unpaired) electrons. The number of hydrogen-bond donors (Lipinski definition) is 3. The van der Waals surface area contributed by atoms with Crippen molar-refractivity contribution in [2.24, 2.45) is 0 Å². The molecule has 1 aromatic carbocycles. The number of aromatic nitrogens is 4. The third-order valence-corrected chi connectivity index (χ3v) is 4.22. The minimum atomic E-state index is -0.186. The number of hydrogen-bond acceptors (Lipinski definition) is 3. The Hall–Kier alpha value is -3.41. The molecule has 3 heterocycles. The van der Waals surface area contributed by atoms with Gasteiger partial charge in [-0.05, 0) is 54.3 Å². The molecule has 0 bridgehead atoms. The van der Waals surface area contributed by atoms with Gasteiger partial charge in [0.25, 0.3) is 5.91 Å². The lowest BCUT2D eigenvalue weighted by Crippen LogP contribution is -2.26. The van der Waals surface area contributed by atoms with Crippen molar-refractivity contribution in [1.29, 1.82) is 0 Å². The Bertz CT molecular complexity index is 1020. The molecular formula is C19H17N5O. The van der Waals surface area contributed by atoms with Crippen LogP contribution >= 0.6 is 0 Å². The average molecular weight is 331 g/mol. The molecule has 0 aliphatic carbocycles. The third kappa shape index (κ3) is 3.01. The molecule has 1 amide bonds. The van der Waals surface area contributed by atoms with E-state index in [-0.39, 0.29) is 11.9 Å². The summed E-state index contributed by atoms with van der Waals surface area (Å²) in [4.78, 5) is 19.6. The quantitative estimate of drug-likeness (QED) is 0.535. The molecule has 0 spiro atoms. The molecule has 3 N–H and O–H groups in total. The smallest absolute Gasteiger partial charge is 0.269 e. The fourth-order valence-corrected chi connectivity index (χ4v) is 2.81. The zero-order valence-corrected chi connectivity index (χ0v) is 13.7. The third-order valence-electron chi connectivity index (χ3n) is 4.22. The molecule has 6 nitrogen and oxygen atoms in total. The molecule has 0 aliphatic heterocycles. The van der Waals surface area contributed by atoms with E-state index in [2.05, 4.69) is 31.5 Å². The highest BCUT2D eigenvalue weighted by atomic mass is 16.2. The second kappa shape index (κ2) is 6.24. The Morgan fingerprint density at radius 2 is 1.96 bits per heavy atom. The number of H-pyrrole nitrogens is 2. The van der Waals surface area contributed by atoms with Crippen LogP contribution in [-0.4, -0.2) is 26.1 Å². The minimum Gasteiger partial charge on any atom is -0.361 e. The first-order valence-electron chi connectivity index (χ1n) is 8.04. The number of benzene rings is 1. The van der Waals surface area contributed by atoms with Gasteiger partial charge >= 0.3 is 0 Å². The maximum atomic E-state index is 12.5. The summed E-state index contributed by atoms with van der Waals surface area (Å²) in [5, 5.41) is 11.1. The minimum absolute atomic E-state index is 0.112. The molecule has 4 rings (SSSR count). The predicted molar refractivity (Wildman–Crippen MR) is 96.0 cm³/mol. The number of nitrogens with one attached hydrogen (secondary N) is 3. The SMILES string of the molecule is C[C@@H](NC(=O)c1cc(-c2ccncc2)n[nH]1)c1ccc2[nH]ccc2c1. The van der Waals surface area contributed by atoms with E-state index in [0.29, 0.717) is 11.4 Å². The van der Waals surface area contributed by atoms with Crippen LogP contribution in [-0.2, 0) is 0 Å². The number of amides is 1. The highest BCUT2D eigenvalue weighted by molar-refractivity contribution is 5.93. The van der Waals surface area contributed by atoms with E-state index in [1.54, 1.807) is 18.5 Å². The molecule has 4 aromatic rings. The summed E-state index contributed by atoms with van der Waals surface area (Å²) in [5.74, 6) is -0.186. The normalized spacial score (nSPS) is 12.2. The van der Waals surface area contributed by atoms with Gasteiger partial charge in [0.05, 0.1) is 11.7 Å². The molecule has 3 aromatic heterocycles. The lowest BCUT2D eigenvalue weighted by atomic mass is 10.1. The fourth-order valence-electron chi connectivity index (χ4n) is 2.81. The van der Waals surface area contributed by atoms with Gasteiger partial charge in [-0.1, -0.05) is 6.07 Å². The van der Waals surface area contributed by atoms with Gasteiger partial charge in [0.15, 0.2) is 0 Å². The summed E-state index contributed by atoms with van der Waals surface area (Å²) in [6.45, 7) is 1.96. The van der Waals surface area contributed by atoms with Crippen molar-refractivity contribution in [3.63, 3.8) is 0 Å².